The lowest BCUT2D eigenvalue weighted by Crippen LogP contribution is -2.26. The van der Waals surface area contributed by atoms with Gasteiger partial charge in [0.2, 0.25) is 5.75 Å². The maximum atomic E-state index is 12.5. The predicted octanol–water partition coefficient (Wildman–Crippen LogP) is 2.77. The molecule has 3 rings (SSSR count). The molecule has 102 valence electrons. The van der Waals surface area contributed by atoms with Crippen molar-refractivity contribution in [1.82, 2.24) is 0 Å². The van der Waals surface area contributed by atoms with Crippen molar-refractivity contribution in [2.24, 2.45) is 0 Å². The molecule has 0 aliphatic carbocycles. The van der Waals surface area contributed by atoms with Crippen LogP contribution in [0.3, 0.4) is 0 Å². The van der Waals surface area contributed by atoms with Gasteiger partial charge in [-0.1, -0.05) is 29.8 Å². The number of fused-ring (bicyclic) bond motifs is 1. The Morgan fingerprint density at radius 3 is 2.50 bits per heavy atom. The SMILES string of the molecule is Cc1ccc(C2COc3c(ccc(O)c3O)C2=O)cc1. The molecule has 0 aromatic heterocycles. The number of hydrogen-bond donors (Lipinski definition) is 2. The zero-order valence-corrected chi connectivity index (χ0v) is 11.0. The third-order valence-corrected chi connectivity index (χ3v) is 3.57. The summed E-state index contributed by atoms with van der Waals surface area (Å²) in [4.78, 5) is 12.5. The molecular formula is C16H14O4. The first-order chi connectivity index (χ1) is 9.58. The van der Waals surface area contributed by atoms with Crippen LogP contribution in [-0.4, -0.2) is 22.6 Å². The van der Waals surface area contributed by atoms with Gasteiger partial charge in [-0.25, -0.2) is 0 Å². The van der Waals surface area contributed by atoms with Gasteiger partial charge in [0.25, 0.3) is 0 Å². The van der Waals surface area contributed by atoms with E-state index < -0.39 is 0 Å². The van der Waals surface area contributed by atoms with Gasteiger partial charge >= 0.3 is 0 Å². The monoisotopic (exact) mass is 270 g/mol. The molecule has 20 heavy (non-hydrogen) atoms. The molecule has 0 bridgehead atoms. The molecule has 0 saturated heterocycles. The topological polar surface area (TPSA) is 66.8 Å². The van der Waals surface area contributed by atoms with Crippen LogP contribution in [0.2, 0.25) is 0 Å². The van der Waals surface area contributed by atoms with Crippen LogP contribution < -0.4 is 4.74 Å². The first-order valence-electron chi connectivity index (χ1n) is 6.36. The van der Waals surface area contributed by atoms with E-state index >= 15 is 0 Å². The Bertz CT molecular complexity index is 674. The van der Waals surface area contributed by atoms with Gasteiger partial charge < -0.3 is 14.9 Å². The normalized spacial score (nSPS) is 17.4. The molecule has 0 fully saturated rings. The van der Waals surface area contributed by atoms with Gasteiger partial charge in [-0.15, -0.1) is 0 Å². The Morgan fingerprint density at radius 1 is 1.10 bits per heavy atom. The summed E-state index contributed by atoms with van der Waals surface area (Å²) in [6.45, 7) is 2.14. The van der Waals surface area contributed by atoms with Crippen molar-refractivity contribution in [2.45, 2.75) is 12.8 Å². The van der Waals surface area contributed by atoms with E-state index in [2.05, 4.69) is 0 Å². The molecule has 2 aromatic rings. The number of ether oxygens (including phenoxy) is 1. The maximum Gasteiger partial charge on any atom is 0.201 e. The summed E-state index contributed by atoms with van der Waals surface area (Å²) < 4.78 is 5.47. The number of aromatic hydroxyl groups is 2. The predicted molar refractivity (Wildman–Crippen MR) is 73.5 cm³/mol. The maximum absolute atomic E-state index is 12.5. The van der Waals surface area contributed by atoms with Gasteiger partial charge in [-0.2, -0.15) is 0 Å². The molecule has 0 saturated carbocycles. The van der Waals surface area contributed by atoms with Crippen molar-refractivity contribution in [3.05, 3.63) is 53.1 Å². The van der Waals surface area contributed by atoms with E-state index in [4.69, 9.17) is 4.74 Å². The summed E-state index contributed by atoms with van der Waals surface area (Å²) in [5.74, 6) is -1.08. The molecule has 1 aliphatic heterocycles. The van der Waals surface area contributed by atoms with Crippen molar-refractivity contribution in [3.63, 3.8) is 0 Å². The first kappa shape index (κ1) is 12.5. The number of phenols is 2. The Labute approximate surface area is 116 Å². The van der Waals surface area contributed by atoms with E-state index in [1.165, 1.54) is 12.1 Å². The number of phenolic OH excluding ortho intramolecular Hbond substituents is 2. The van der Waals surface area contributed by atoms with Gasteiger partial charge in [-0.3, -0.25) is 4.79 Å². The Balaban J connectivity index is 2.01. The smallest absolute Gasteiger partial charge is 0.201 e. The van der Waals surface area contributed by atoms with E-state index in [0.717, 1.165) is 11.1 Å². The third-order valence-electron chi connectivity index (χ3n) is 3.57. The second kappa shape index (κ2) is 4.56. The number of ketones is 1. The minimum Gasteiger partial charge on any atom is -0.504 e. The minimum absolute atomic E-state index is 0.0679. The van der Waals surface area contributed by atoms with E-state index in [1.54, 1.807) is 0 Å². The standard InChI is InChI=1S/C16H14O4/c1-9-2-4-10(5-3-9)12-8-20-16-11(14(12)18)6-7-13(17)15(16)19/h2-7,12,17,19H,8H2,1H3. The van der Waals surface area contributed by atoms with E-state index in [0.29, 0.717) is 5.56 Å². The van der Waals surface area contributed by atoms with E-state index in [-0.39, 0.29) is 35.6 Å². The Morgan fingerprint density at radius 2 is 1.80 bits per heavy atom. The lowest BCUT2D eigenvalue weighted by molar-refractivity contribution is 0.0892. The molecule has 0 spiro atoms. The van der Waals surface area contributed by atoms with Gasteiger partial charge in [0.15, 0.2) is 17.3 Å². The summed E-state index contributed by atoms with van der Waals surface area (Å²) in [7, 11) is 0. The van der Waals surface area contributed by atoms with Crippen molar-refractivity contribution in [1.29, 1.82) is 0 Å². The van der Waals surface area contributed by atoms with Crippen LogP contribution in [0.1, 0.15) is 27.4 Å². The average Bonchev–Trinajstić information content (AvgIpc) is 2.45. The Hall–Kier alpha value is -2.49. The lowest BCUT2D eigenvalue weighted by Gasteiger charge is -2.25. The highest BCUT2D eigenvalue weighted by atomic mass is 16.5. The second-order valence-electron chi connectivity index (χ2n) is 4.95. The van der Waals surface area contributed by atoms with Gasteiger partial charge in [0.1, 0.15) is 6.61 Å². The summed E-state index contributed by atoms with van der Waals surface area (Å²) in [6, 6.07) is 10.5. The zero-order valence-electron chi connectivity index (χ0n) is 11.0. The van der Waals surface area contributed by atoms with Crippen LogP contribution >= 0.6 is 0 Å². The molecule has 1 atom stereocenters. The van der Waals surface area contributed by atoms with Crippen LogP contribution in [0, 0.1) is 6.92 Å². The molecule has 4 nitrogen and oxygen atoms in total. The van der Waals surface area contributed by atoms with Gasteiger partial charge in [0.05, 0.1) is 11.5 Å². The van der Waals surface area contributed by atoms with Crippen LogP contribution in [-0.2, 0) is 0 Å². The number of Topliss-reactive ketones (excluding diaryl/α,β-unsaturated/α-hetero) is 1. The number of benzene rings is 2. The quantitative estimate of drug-likeness (QED) is 0.782. The lowest BCUT2D eigenvalue weighted by atomic mass is 9.88. The van der Waals surface area contributed by atoms with Crippen LogP contribution in [0.5, 0.6) is 17.2 Å². The molecular weight excluding hydrogens is 256 g/mol. The number of aryl methyl sites for hydroxylation is 1. The summed E-state index contributed by atoms with van der Waals surface area (Å²) in [6.07, 6.45) is 0. The van der Waals surface area contributed by atoms with E-state index in [9.17, 15) is 15.0 Å². The molecule has 1 unspecified atom stereocenters. The van der Waals surface area contributed by atoms with Crippen LogP contribution in [0.4, 0.5) is 0 Å². The Kier molecular flexibility index (Phi) is 2.86. The number of carbonyl (C=O) groups excluding carboxylic acids is 1. The fourth-order valence-electron chi connectivity index (χ4n) is 2.38. The van der Waals surface area contributed by atoms with Crippen molar-refractivity contribution >= 4 is 5.78 Å². The fourth-order valence-corrected chi connectivity index (χ4v) is 2.38. The zero-order chi connectivity index (χ0) is 14.3. The minimum atomic E-state index is -0.382. The number of carbonyl (C=O) groups is 1. The molecule has 0 amide bonds. The second-order valence-corrected chi connectivity index (χ2v) is 4.95. The van der Waals surface area contributed by atoms with Crippen molar-refractivity contribution < 1.29 is 19.7 Å². The molecule has 2 N–H and O–H groups in total. The highest BCUT2D eigenvalue weighted by Crippen LogP contribution is 2.43. The first-order valence-corrected chi connectivity index (χ1v) is 6.36. The largest absolute Gasteiger partial charge is 0.504 e. The summed E-state index contributed by atoms with van der Waals surface area (Å²) in [5, 5.41) is 19.2. The molecule has 2 aromatic carbocycles. The fraction of sp³-hybridized carbons (Fsp3) is 0.188. The molecule has 0 radical (unpaired) electrons. The molecule has 4 heteroatoms. The van der Waals surface area contributed by atoms with E-state index in [1.807, 2.05) is 31.2 Å². The summed E-state index contributed by atoms with van der Waals surface area (Å²) >= 11 is 0. The summed E-state index contributed by atoms with van der Waals surface area (Å²) in [5.41, 5.74) is 2.32. The number of hydrogen-bond acceptors (Lipinski definition) is 4. The van der Waals surface area contributed by atoms with Gasteiger partial charge in [0, 0.05) is 0 Å². The van der Waals surface area contributed by atoms with Crippen molar-refractivity contribution in [2.75, 3.05) is 6.61 Å². The molecule has 1 aliphatic rings. The third kappa shape index (κ3) is 1.90. The van der Waals surface area contributed by atoms with Crippen LogP contribution in [0.25, 0.3) is 0 Å². The average molecular weight is 270 g/mol. The van der Waals surface area contributed by atoms with Crippen molar-refractivity contribution in [3.8, 4) is 17.2 Å². The van der Waals surface area contributed by atoms with Gasteiger partial charge in [-0.05, 0) is 24.6 Å². The molecule has 1 heterocycles. The highest BCUT2D eigenvalue weighted by Gasteiger charge is 2.32. The number of rotatable bonds is 1. The highest BCUT2D eigenvalue weighted by molar-refractivity contribution is 6.05. The van der Waals surface area contributed by atoms with Crippen LogP contribution in [0.15, 0.2) is 36.4 Å².